The molecule has 0 aliphatic heterocycles. The van der Waals surface area contributed by atoms with Crippen molar-refractivity contribution in [1.29, 1.82) is 0 Å². The van der Waals surface area contributed by atoms with Crippen molar-refractivity contribution in [2.75, 3.05) is 13.6 Å². The summed E-state index contributed by atoms with van der Waals surface area (Å²) in [7, 11) is 2.09. The molecule has 1 aliphatic carbocycles. The number of hydrogen-bond donors (Lipinski definition) is 1. The van der Waals surface area contributed by atoms with E-state index in [2.05, 4.69) is 30.7 Å². The Hall–Kier alpha value is -0.340. The second-order valence-corrected chi connectivity index (χ2v) is 6.11. The van der Waals surface area contributed by atoms with Crippen LogP contribution in [0.15, 0.2) is 11.4 Å². The fourth-order valence-corrected chi connectivity index (χ4v) is 3.85. The molecular formula is C14H23NS. The first-order valence-electron chi connectivity index (χ1n) is 6.51. The summed E-state index contributed by atoms with van der Waals surface area (Å²) in [5.41, 5.74) is 1.63. The third kappa shape index (κ3) is 2.67. The van der Waals surface area contributed by atoms with E-state index in [-0.39, 0.29) is 0 Å². The Morgan fingerprint density at radius 2 is 2.12 bits per heavy atom. The van der Waals surface area contributed by atoms with Gasteiger partial charge in [0, 0.05) is 4.88 Å². The van der Waals surface area contributed by atoms with E-state index in [1.54, 1.807) is 5.56 Å². The molecule has 2 heteroatoms. The first kappa shape index (κ1) is 12.1. The van der Waals surface area contributed by atoms with Crippen LogP contribution in [0, 0.1) is 12.8 Å². The van der Waals surface area contributed by atoms with E-state index in [4.69, 9.17) is 0 Å². The summed E-state index contributed by atoms with van der Waals surface area (Å²) in [6.07, 6.45) is 7.07. The Bertz CT molecular complexity index is 318. The smallest absolute Gasteiger partial charge is 0.00491 e. The average molecular weight is 237 g/mol. The van der Waals surface area contributed by atoms with E-state index in [1.165, 1.54) is 43.5 Å². The van der Waals surface area contributed by atoms with E-state index >= 15 is 0 Å². The lowest BCUT2D eigenvalue weighted by atomic mass is 9.82. The normalized spacial score (nSPS) is 26.6. The molecule has 2 unspecified atom stereocenters. The van der Waals surface area contributed by atoms with Crippen molar-refractivity contribution >= 4 is 11.3 Å². The number of thiophene rings is 1. The third-order valence-electron chi connectivity index (χ3n) is 3.92. The molecule has 2 rings (SSSR count). The predicted octanol–water partition coefficient (Wildman–Crippen LogP) is 3.94. The minimum absolute atomic E-state index is 0.807. The molecule has 90 valence electrons. The van der Waals surface area contributed by atoms with Crippen LogP contribution in [0.4, 0.5) is 0 Å². The van der Waals surface area contributed by atoms with Crippen LogP contribution < -0.4 is 5.32 Å². The van der Waals surface area contributed by atoms with Crippen LogP contribution in [-0.4, -0.2) is 13.6 Å². The lowest BCUT2D eigenvalue weighted by Crippen LogP contribution is -2.24. The molecule has 0 aromatic carbocycles. The zero-order valence-corrected chi connectivity index (χ0v) is 11.3. The van der Waals surface area contributed by atoms with Gasteiger partial charge in [0.2, 0.25) is 0 Å². The maximum absolute atomic E-state index is 3.38. The molecule has 1 fully saturated rings. The van der Waals surface area contributed by atoms with Gasteiger partial charge in [-0.05, 0) is 62.2 Å². The molecule has 1 heterocycles. The molecule has 2 atom stereocenters. The Morgan fingerprint density at radius 1 is 1.31 bits per heavy atom. The van der Waals surface area contributed by atoms with Crippen molar-refractivity contribution in [1.82, 2.24) is 5.32 Å². The Balaban J connectivity index is 2.17. The van der Waals surface area contributed by atoms with Gasteiger partial charge in [-0.25, -0.2) is 0 Å². The maximum Gasteiger partial charge on any atom is 0.00491 e. The van der Waals surface area contributed by atoms with Gasteiger partial charge in [-0.1, -0.05) is 19.3 Å². The van der Waals surface area contributed by atoms with Crippen LogP contribution in [0.25, 0.3) is 0 Å². The zero-order valence-electron chi connectivity index (χ0n) is 10.5. The van der Waals surface area contributed by atoms with Crippen LogP contribution in [0.3, 0.4) is 0 Å². The van der Waals surface area contributed by atoms with E-state index in [0.29, 0.717) is 0 Å². The Labute approximate surface area is 103 Å². The van der Waals surface area contributed by atoms with E-state index in [0.717, 1.165) is 11.8 Å². The van der Waals surface area contributed by atoms with E-state index < -0.39 is 0 Å². The average Bonchev–Trinajstić information content (AvgIpc) is 2.56. The molecule has 0 spiro atoms. The quantitative estimate of drug-likeness (QED) is 0.785. The summed E-state index contributed by atoms with van der Waals surface area (Å²) in [6, 6.07) is 2.36. The molecule has 1 N–H and O–H groups in total. The summed E-state index contributed by atoms with van der Waals surface area (Å²) < 4.78 is 0. The first-order valence-corrected chi connectivity index (χ1v) is 7.39. The first-order chi connectivity index (χ1) is 7.83. The number of aryl methyl sites for hydroxylation is 1. The van der Waals surface area contributed by atoms with Crippen LogP contribution in [-0.2, 0) is 0 Å². The second kappa shape index (κ2) is 5.83. The molecule has 1 aromatic heterocycles. The van der Waals surface area contributed by atoms with Gasteiger partial charge in [0.05, 0.1) is 0 Å². The maximum atomic E-state index is 3.38. The summed E-state index contributed by atoms with van der Waals surface area (Å²) in [4.78, 5) is 1.54. The van der Waals surface area contributed by atoms with Crippen LogP contribution in [0.5, 0.6) is 0 Å². The highest BCUT2D eigenvalue weighted by atomic mass is 32.1. The van der Waals surface area contributed by atoms with Gasteiger partial charge in [0.1, 0.15) is 0 Å². The topological polar surface area (TPSA) is 12.0 Å². The minimum atomic E-state index is 0.807. The SMILES string of the molecule is CNCC1CCCCCC1c1ccsc1C. The number of nitrogens with one attached hydrogen (secondary N) is 1. The fraction of sp³-hybridized carbons (Fsp3) is 0.714. The van der Waals surface area contributed by atoms with Crippen LogP contribution in [0.2, 0.25) is 0 Å². The van der Waals surface area contributed by atoms with Gasteiger partial charge in [-0.15, -0.1) is 11.3 Å². The number of hydrogen-bond acceptors (Lipinski definition) is 2. The van der Waals surface area contributed by atoms with Gasteiger partial charge in [0.25, 0.3) is 0 Å². The fourth-order valence-electron chi connectivity index (χ4n) is 3.08. The number of rotatable bonds is 3. The second-order valence-electron chi connectivity index (χ2n) is 4.99. The molecule has 0 bridgehead atoms. The monoisotopic (exact) mass is 237 g/mol. The van der Waals surface area contributed by atoms with Crippen molar-refractivity contribution in [3.05, 3.63) is 21.9 Å². The molecule has 16 heavy (non-hydrogen) atoms. The standard InChI is InChI=1S/C14H23NS/c1-11-13(8-9-16-11)14-7-5-3-4-6-12(14)10-15-2/h8-9,12,14-15H,3-7,10H2,1-2H3. The molecule has 0 saturated heterocycles. The minimum Gasteiger partial charge on any atom is -0.319 e. The zero-order chi connectivity index (χ0) is 11.4. The van der Waals surface area contributed by atoms with Gasteiger partial charge in [-0.3, -0.25) is 0 Å². The highest BCUT2D eigenvalue weighted by Gasteiger charge is 2.25. The van der Waals surface area contributed by atoms with Crippen LogP contribution >= 0.6 is 11.3 Å². The summed E-state index contributed by atoms with van der Waals surface area (Å²) in [6.45, 7) is 3.46. The summed E-state index contributed by atoms with van der Waals surface area (Å²) >= 11 is 1.90. The molecule has 1 nitrogen and oxygen atoms in total. The molecule has 1 aliphatic rings. The molecule has 0 radical (unpaired) electrons. The predicted molar refractivity (Wildman–Crippen MR) is 72.3 cm³/mol. The highest BCUT2D eigenvalue weighted by molar-refractivity contribution is 7.10. The lowest BCUT2D eigenvalue weighted by Gasteiger charge is -2.25. The molecule has 1 aromatic rings. The Morgan fingerprint density at radius 3 is 2.81 bits per heavy atom. The van der Waals surface area contributed by atoms with Gasteiger partial charge in [-0.2, -0.15) is 0 Å². The van der Waals surface area contributed by atoms with Gasteiger partial charge >= 0.3 is 0 Å². The van der Waals surface area contributed by atoms with Crippen LogP contribution in [0.1, 0.15) is 48.5 Å². The Kier molecular flexibility index (Phi) is 4.42. The van der Waals surface area contributed by atoms with Crippen molar-refractivity contribution < 1.29 is 0 Å². The van der Waals surface area contributed by atoms with Gasteiger partial charge in [0.15, 0.2) is 0 Å². The van der Waals surface area contributed by atoms with Crippen molar-refractivity contribution in [3.8, 4) is 0 Å². The highest BCUT2D eigenvalue weighted by Crippen LogP contribution is 2.38. The molecular weight excluding hydrogens is 214 g/mol. The van der Waals surface area contributed by atoms with E-state index in [9.17, 15) is 0 Å². The summed E-state index contributed by atoms with van der Waals surface area (Å²) in [5.74, 6) is 1.65. The van der Waals surface area contributed by atoms with Crippen molar-refractivity contribution in [2.24, 2.45) is 5.92 Å². The molecule has 1 saturated carbocycles. The lowest BCUT2D eigenvalue weighted by molar-refractivity contribution is 0.386. The van der Waals surface area contributed by atoms with Gasteiger partial charge < -0.3 is 5.32 Å². The molecule has 0 amide bonds. The van der Waals surface area contributed by atoms with Crippen molar-refractivity contribution in [3.63, 3.8) is 0 Å². The summed E-state index contributed by atoms with van der Waals surface area (Å²) in [5, 5.41) is 5.64. The van der Waals surface area contributed by atoms with Crippen molar-refractivity contribution in [2.45, 2.75) is 44.9 Å². The largest absolute Gasteiger partial charge is 0.319 e. The van der Waals surface area contributed by atoms with E-state index in [1.807, 2.05) is 11.3 Å². The third-order valence-corrected chi connectivity index (χ3v) is 4.79.